The van der Waals surface area contributed by atoms with Crippen molar-refractivity contribution < 1.29 is 24.2 Å². The van der Waals surface area contributed by atoms with E-state index in [9.17, 15) is 9.59 Å². The van der Waals surface area contributed by atoms with E-state index < -0.39 is 24.0 Å². The van der Waals surface area contributed by atoms with Gasteiger partial charge in [0.25, 0.3) is 5.91 Å². The molecule has 0 spiro atoms. The molecule has 1 rings (SSSR count). The Kier molecular flexibility index (Phi) is 6.69. The van der Waals surface area contributed by atoms with Gasteiger partial charge in [-0.2, -0.15) is 0 Å². The zero-order chi connectivity index (χ0) is 15.0. The average molecular weight is 281 g/mol. The summed E-state index contributed by atoms with van der Waals surface area (Å²) < 4.78 is 9.98. The molecule has 1 aromatic rings. The molecule has 1 amide bonds. The number of carboxylic acid groups (broad SMARTS) is 1. The second-order valence-corrected chi connectivity index (χ2v) is 4.21. The van der Waals surface area contributed by atoms with Crippen molar-refractivity contribution in [2.45, 2.75) is 18.6 Å². The SMILES string of the molecule is COCCC(NC(=O)C(OC)c1ccccc1)C(=O)O. The highest BCUT2D eigenvalue weighted by Gasteiger charge is 2.25. The molecule has 0 fully saturated rings. The highest BCUT2D eigenvalue weighted by molar-refractivity contribution is 5.87. The number of carboxylic acids is 1. The first kappa shape index (κ1) is 16.1. The second kappa shape index (κ2) is 8.29. The largest absolute Gasteiger partial charge is 0.480 e. The molecule has 110 valence electrons. The van der Waals surface area contributed by atoms with Crippen LogP contribution < -0.4 is 5.32 Å². The third kappa shape index (κ3) is 4.64. The fourth-order valence-electron chi connectivity index (χ4n) is 1.76. The Balaban J connectivity index is 2.73. The van der Waals surface area contributed by atoms with Gasteiger partial charge in [0.15, 0.2) is 6.10 Å². The molecule has 0 bridgehead atoms. The molecule has 2 unspecified atom stereocenters. The standard InChI is InChI=1S/C14H19NO5/c1-19-9-8-11(14(17)18)15-13(16)12(20-2)10-6-4-3-5-7-10/h3-7,11-12H,8-9H2,1-2H3,(H,15,16)(H,17,18). The Labute approximate surface area is 117 Å². The van der Waals surface area contributed by atoms with Gasteiger partial charge in [-0.3, -0.25) is 4.79 Å². The summed E-state index contributed by atoms with van der Waals surface area (Å²) in [5.41, 5.74) is 0.670. The monoisotopic (exact) mass is 281 g/mol. The van der Waals surface area contributed by atoms with Crippen LogP contribution >= 0.6 is 0 Å². The fraction of sp³-hybridized carbons (Fsp3) is 0.429. The summed E-state index contributed by atoms with van der Waals surface area (Å²) in [6.07, 6.45) is -0.636. The minimum atomic E-state index is -1.10. The van der Waals surface area contributed by atoms with Crippen LogP contribution in [0.3, 0.4) is 0 Å². The highest BCUT2D eigenvalue weighted by atomic mass is 16.5. The molecule has 0 saturated carbocycles. The molecular weight excluding hydrogens is 262 g/mol. The zero-order valence-electron chi connectivity index (χ0n) is 11.5. The summed E-state index contributed by atoms with van der Waals surface area (Å²) in [5, 5.41) is 11.5. The lowest BCUT2D eigenvalue weighted by molar-refractivity contribution is -0.144. The number of hydrogen-bond donors (Lipinski definition) is 2. The van der Waals surface area contributed by atoms with E-state index in [2.05, 4.69) is 5.32 Å². The van der Waals surface area contributed by atoms with Gasteiger partial charge in [0.1, 0.15) is 6.04 Å². The number of nitrogens with one attached hydrogen (secondary N) is 1. The Hall–Kier alpha value is -1.92. The maximum absolute atomic E-state index is 12.1. The van der Waals surface area contributed by atoms with Gasteiger partial charge in [-0.05, 0) is 5.56 Å². The van der Waals surface area contributed by atoms with Crippen molar-refractivity contribution in [1.82, 2.24) is 5.32 Å². The van der Waals surface area contributed by atoms with Crippen molar-refractivity contribution in [3.8, 4) is 0 Å². The van der Waals surface area contributed by atoms with E-state index in [1.54, 1.807) is 24.3 Å². The fourth-order valence-corrected chi connectivity index (χ4v) is 1.76. The summed E-state index contributed by atoms with van der Waals surface area (Å²) in [4.78, 5) is 23.2. The lowest BCUT2D eigenvalue weighted by atomic mass is 10.1. The van der Waals surface area contributed by atoms with Crippen molar-refractivity contribution in [2.75, 3.05) is 20.8 Å². The van der Waals surface area contributed by atoms with E-state index in [-0.39, 0.29) is 13.0 Å². The van der Waals surface area contributed by atoms with Crippen LogP contribution in [0.2, 0.25) is 0 Å². The van der Waals surface area contributed by atoms with E-state index in [1.807, 2.05) is 6.07 Å². The maximum Gasteiger partial charge on any atom is 0.326 e. The third-order valence-corrected chi connectivity index (χ3v) is 2.80. The molecule has 0 saturated heterocycles. The van der Waals surface area contributed by atoms with Crippen LogP contribution in [0, 0.1) is 0 Å². The van der Waals surface area contributed by atoms with Crippen LogP contribution in [0.4, 0.5) is 0 Å². The molecule has 0 heterocycles. The average Bonchev–Trinajstić information content (AvgIpc) is 2.45. The smallest absolute Gasteiger partial charge is 0.326 e. The van der Waals surface area contributed by atoms with Gasteiger partial charge in [-0.25, -0.2) is 4.79 Å². The normalized spacial score (nSPS) is 13.5. The molecule has 6 heteroatoms. The number of aliphatic carboxylic acids is 1. The molecule has 0 aliphatic heterocycles. The van der Waals surface area contributed by atoms with Crippen molar-refractivity contribution in [3.05, 3.63) is 35.9 Å². The Morgan fingerprint density at radius 3 is 2.40 bits per heavy atom. The van der Waals surface area contributed by atoms with Gasteiger partial charge in [-0.15, -0.1) is 0 Å². The summed E-state index contributed by atoms with van der Waals surface area (Å²) in [5.74, 6) is -1.58. The molecule has 0 radical (unpaired) electrons. The van der Waals surface area contributed by atoms with E-state index in [0.717, 1.165) is 0 Å². The van der Waals surface area contributed by atoms with Crippen LogP contribution in [-0.2, 0) is 19.1 Å². The van der Waals surface area contributed by atoms with Crippen LogP contribution in [0.15, 0.2) is 30.3 Å². The van der Waals surface area contributed by atoms with Crippen molar-refractivity contribution in [2.24, 2.45) is 0 Å². The van der Waals surface area contributed by atoms with E-state index in [0.29, 0.717) is 5.56 Å². The summed E-state index contributed by atoms with van der Waals surface area (Å²) in [6, 6.07) is 7.90. The highest BCUT2D eigenvalue weighted by Crippen LogP contribution is 2.16. The number of amides is 1. The maximum atomic E-state index is 12.1. The Bertz CT molecular complexity index is 434. The van der Waals surface area contributed by atoms with E-state index in [4.69, 9.17) is 14.6 Å². The van der Waals surface area contributed by atoms with Crippen molar-refractivity contribution in [1.29, 1.82) is 0 Å². The quantitative estimate of drug-likeness (QED) is 0.742. The van der Waals surface area contributed by atoms with Gasteiger partial charge in [0.2, 0.25) is 0 Å². The van der Waals surface area contributed by atoms with Crippen LogP contribution in [0.1, 0.15) is 18.1 Å². The number of methoxy groups -OCH3 is 2. The molecule has 2 N–H and O–H groups in total. The lowest BCUT2D eigenvalue weighted by Crippen LogP contribution is -2.44. The summed E-state index contributed by atoms with van der Waals surface area (Å²) in [7, 11) is 2.88. The number of hydrogen-bond acceptors (Lipinski definition) is 4. The van der Waals surface area contributed by atoms with Crippen molar-refractivity contribution >= 4 is 11.9 Å². The topological polar surface area (TPSA) is 84.9 Å². The summed E-state index contributed by atoms with van der Waals surface area (Å²) in [6.45, 7) is 0.250. The molecule has 20 heavy (non-hydrogen) atoms. The first-order chi connectivity index (χ1) is 9.60. The van der Waals surface area contributed by atoms with Crippen LogP contribution in [-0.4, -0.2) is 43.9 Å². The summed E-state index contributed by atoms with van der Waals surface area (Å²) >= 11 is 0. The second-order valence-electron chi connectivity index (χ2n) is 4.21. The van der Waals surface area contributed by atoms with Gasteiger partial charge < -0.3 is 19.9 Å². The first-order valence-electron chi connectivity index (χ1n) is 6.20. The van der Waals surface area contributed by atoms with E-state index in [1.165, 1.54) is 14.2 Å². The van der Waals surface area contributed by atoms with Gasteiger partial charge in [-0.1, -0.05) is 30.3 Å². The van der Waals surface area contributed by atoms with E-state index >= 15 is 0 Å². The Morgan fingerprint density at radius 1 is 1.25 bits per heavy atom. The number of carbonyl (C=O) groups is 2. The number of ether oxygens (including phenoxy) is 2. The zero-order valence-corrected chi connectivity index (χ0v) is 11.5. The van der Waals surface area contributed by atoms with Crippen LogP contribution in [0.25, 0.3) is 0 Å². The number of carbonyl (C=O) groups excluding carboxylic acids is 1. The van der Waals surface area contributed by atoms with Crippen LogP contribution in [0.5, 0.6) is 0 Å². The predicted molar refractivity (Wildman–Crippen MR) is 72.3 cm³/mol. The molecule has 6 nitrogen and oxygen atoms in total. The van der Waals surface area contributed by atoms with Gasteiger partial charge in [0, 0.05) is 27.2 Å². The molecular formula is C14H19NO5. The molecule has 1 aromatic carbocycles. The lowest BCUT2D eigenvalue weighted by Gasteiger charge is -2.19. The van der Waals surface area contributed by atoms with Gasteiger partial charge >= 0.3 is 5.97 Å². The molecule has 0 aromatic heterocycles. The third-order valence-electron chi connectivity index (χ3n) is 2.80. The number of benzene rings is 1. The van der Waals surface area contributed by atoms with Crippen molar-refractivity contribution in [3.63, 3.8) is 0 Å². The predicted octanol–water partition coefficient (Wildman–Crippen LogP) is 0.980. The molecule has 2 atom stereocenters. The van der Waals surface area contributed by atoms with Gasteiger partial charge in [0.05, 0.1) is 0 Å². The first-order valence-corrected chi connectivity index (χ1v) is 6.20. The minimum absolute atomic E-state index is 0.197. The Morgan fingerprint density at radius 2 is 1.90 bits per heavy atom. The molecule has 0 aliphatic rings. The molecule has 0 aliphatic carbocycles. The minimum Gasteiger partial charge on any atom is -0.480 e. The number of rotatable bonds is 8.